The molecular formula is C36H38ClF3N4O8. The topological polar surface area (TPSA) is 170 Å². The molecule has 0 saturated heterocycles. The fraction of sp³-hybridized carbons (Fsp3) is 0.361. The van der Waals surface area contributed by atoms with Gasteiger partial charge in [-0.1, -0.05) is 49.7 Å². The van der Waals surface area contributed by atoms with Gasteiger partial charge in [-0.2, -0.15) is 13.2 Å². The number of nitrogens with one attached hydrogen (secondary N) is 3. The Labute approximate surface area is 302 Å². The van der Waals surface area contributed by atoms with E-state index in [9.17, 15) is 41.9 Å². The van der Waals surface area contributed by atoms with Gasteiger partial charge in [0, 0.05) is 23.2 Å². The van der Waals surface area contributed by atoms with Gasteiger partial charge < -0.3 is 25.4 Å². The number of Topliss-reactive ketones (excluding diaryl/α,β-unsaturated/α-hetero) is 2. The van der Waals surface area contributed by atoms with E-state index in [0.717, 1.165) is 12.3 Å². The smallest absolute Gasteiger partial charge is 0.452 e. The van der Waals surface area contributed by atoms with Crippen LogP contribution < -0.4 is 20.7 Å². The molecular weight excluding hydrogens is 709 g/mol. The summed E-state index contributed by atoms with van der Waals surface area (Å²) >= 11 is 6.14. The first-order valence-electron chi connectivity index (χ1n) is 15.8. The normalized spacial score (nSPS) is 13.3. The molecule has 0 bridgehead atoms. The van der Waals surface area contributed by atoms with Crippen LogP contribution in [0.3, 0.4) is 0 Å². The summed E-state index contributed by atoms with van der Waals surface area (Å²) in [5, 5.41) is 7.46. The van der Waals surface area contributed by atoms with Crippen LogP contribution in [-0.4, -0.2) is 71.2 Å². The van der Waals surface area contributed by atoms with Crippen LogP contribution in [0.2, 0.25) is 5.02 Å². The third-order valence-electron chi connectivity index (χ3n) is 7.32. The molecule has 0 fully saturated rings. The van der Waals surface area contributed by atoms with E-state index in [1.807, 2.05) is 0 Å². The maximum Gasteiger partial charge on any atom is 0.452 e. The average molecular weight is 747 g/mol. The van der Waals surface area contributed by atoms with Crippen molar-refractivity contribution in [3.63, 3.8) is 0 Å². The van der Waals surface area contributed by atoms with Gasteiger partial charge in [-0.05, 0) is 74.2 Å². The maximum atomic E-state index is 13.9. The summed E-state index contributed by atoms with van der Waals surface area (Å²) in [5.41, 5.74) is -0.730. The van der Waals surface area contributed by atoms with Crippen molar-refractivity contribution in [2.45, 2.75) is 70.9 Å². The Hall–Kier alpha value is -5.31. The Morgan fingerprint density at radius 2 is 1.52 bits per heavy atom. The van der Waals surface area contributed by atoms with Crippen LogP contribution in [0.4, 0.5) is 13.2 Å². The first-order chi connectivity index (χ1) is 24.2. The number of esters is 1. The number of methoxy groups -OCH3 is 1. The lowest BCUT2D eigenvalue weighted by Crippen LogP contribution is -2.55. The molecule has 3 aromatic rings. The number of hydrogen-bond donors (Lipinski definition) is 3. The number of hydrogen-bond acceptors (Lipinski definition) is 9. The quantitative estimate of drug-likeness (QED) is 0.120. The molecule has 0 aliphatic carbocycles. The number of ether oxygens (including phenoxy) is 2. The van der Waals surface area contributed by atoms with Gasteiger partial charge in [-0.15, -0.1) is 0 Å². The molecule has 2 aromatic carbocycles. The van der Waals surface area contributed by atoms with Crippen LogP contribution >= 0.6 is 11.6 Å². The number of nitrogens with zero attached hydrogens (tertiary/aromatic N) is 1. The van der Waals surface area contributed by atoms with Gasteiger partial charge in [0.05, 0.1) is 13.2 Å². The molecule has 0 saturated carbocycles. The number of carbonyl (C=O) groups is 6. The Bertz CT molecular complexity index is 1790. The van der Waals surface area contributed by atoms with Gasteiger partial charge in [0.25, 0.3) is 17.5 Å². The lowest BCUT2D eigenvalue weighted by atomic mass is 9.97. The zero-order valence-corrected chi connectivity index (χ0v) is 29.8. The number of halogens is 4. The van der Waals surface area contributed by atoms with Crippen molar-refractivity contribution >= 4 is 46.9 Å². The van der Waals surface area contributed by atoms with Crippen LogP contribution in [0.5, 0.6) is 5.75 Å². The maximum absolute atomic E-state index is 13.9. The third kappa shape index (κ3) is 11.6. The van der Waals surface area contributed by atoms with Gasteiger partial charge in [-0.25, -0.2) is 4.79 Å². The van der Waals surface area contributed by atoms with Gasteiger partial charge in [0.1, 0.15) is 29.1 Å². The summed E-state index contributed by atoms with van der Waals surface area (Å²) in [4.78, 5) is 81.8. The second-order valence-corrected chi connectivity index (χ2v) is 13.4. The largest absolute Gasteiger partial charge is 0.497 e. The van der Waals surface area contributed by atoms with E-state index in [0.29, 0.717) is 16.3 Å². The number of rotatable bonds is 14. The fourth-order valence-corrected chi connectivity index (χ4v) is 4.95. The zero-order chi connectivity index (χ0) is 39.0. The molecule has 3 atom stereocenters. The van der Waals surface area contributed by atoms with E-state index in [2.05, 4.69) is 20.9 Å². The average Bonchev–Trinajstić information content (AvgIpc) is 3.07. The van der Waals surface area contributed by atoms with E-state index in [-0.39, 0.29) is 23.2 Å². The van der Waals surface area contributed by atoms with E-state index < -0.39 is 71.1 Å². The molecule has 0 aliphatic heterocycles. The summed E-state index contributed by atoms with van der Waals surface area (Å²) in [7, 11) is 1.39. The summed E-state index contributed by atoms with van der Waals surface area (Å²) in [6, 6.07) is 9.34. The lowest BCUT2D eigenvalue weighted by Gasteiger charge is -2.27. The number of pyridine rings is 1. The molecule has 1 heterocycles. The summed E-state index contributed by atoms with van der Waals surface area (Å²) in [6.45, 7) is 7.40. The third-order valence-corrected chi connectivity index (χ3v) is 7.55. The van der Waals surface area contributed by atoms with Crippen molar-refractivity contribution < 1.29 is 51.4 Å². The lowest BCUT2D eigenvalue weighted by molar-refractivity contribution is -0.175. The highest BCUT2D eigenvalue weighted by atomic mass is 35.5. The van der Waals surface area contributed by atoms with Crippen molar-refractivity contribution in [3.05, 3.63) is 94.3 Å². The van der Waals surface area contributed by atoms with Gasteiger partial charge in [0.15, 0.2) is 0 Å². The van der Waals surface area contributed by atoms with Gasteiger partial charge >= 0.3 is 12.1 Å². The number of benzene rings is 2. The van der Waals surface area contributed by atoms with E-state index in [1.165, 1.54) is 57.4 Å². The predicted molar refractivity (Wildman–Crippen MR) is 183 cm³/mol. The molecule has 12 nitrogen and oxygen atoms in total. The Morgan fingerprint density at radius 3 is 2.04 bits per heavy atom. The molecule has 0 aliphatic rings. The zero-order valence-electron chi connectivity index (χ0n) is 29.1. The van der Waals surface area contributed by atoms with Crippen LogP contribution in [0.1, 0.15) is 72.6 Å². The van der Waals surface area contributed by atoms with Crippen LogP contribution in [0.15, 0.2) is 66.9 Å². The highest BCUT2D eigenvalue weighted by Gasteiger charge is 2.45. The van der Waals surface area contributed by atoms with Crippen LogP contribution in [0, 0.1) is 5.92 Å². The standard InChI is InChI=1S/C36H38ClF3N4O8/c1-19(2)27(30(46)36(38,39)40)43-33(49)28(21-10-13-24(51-6)14-11-21)44-32(48)26(17-20-8-7-9-23(37)16-20)42-31(47)25-15-12-22(18-41-25)29(45)34(50)52-35(3,4)5/h7-16,18-19,26-28H,17H2,1-6H3,(H,42,47)(H,43,49)(H,44,48). The van der Waals surface area contributed by atoms with Crippen molar-refractivity contribution in [3.8, 4) is 5.75 Å². The second-order valence-electron chi connectivity index (χ2n) is 12.9. The SMILES string of the molecule is COc1ccc(C(NC(=O)C(Cc2cccc(Cl)c2)NC(=O)c2ccc(C(=O)C(=O)OC(C)(C)C)cn2)C(=O)NC(C(=O)C(F)(F)F)C(C)C)cc1. The van der Waals surface area contributed by atoms with Crippen molar-refractivity contribution in [1.82, 2.24) is 20.9 Å². The predicted octanol–water partition coefficient (Wildman–Crippen LogP) is 4.74. The van der Waals surface area contributed by atoms with E-state index in [4.69, 9.17) is 21.1 Å². The molecule has 3 N–H and O–H groups in total. The number of amides is 3. The molecule has 0 radical (unpaired) electrons. The Kier molecular flexibility index (Phi) is 13.7. The minimum atomic E-state index is -5.25. The fourth-order valence-electron chi connectivity index (χ4n) is 4.73. The van der Waals surface area contributed by atoms with Crippen molar-refractivity contribution in [2.24, 2.45) is 5.92 Å². The van der Waals surface area contributed by atoms with Crippen molar-refractivity contribution in [1.29, 1.82) is 0 Å². The number of aromatic nitrogens is 1. The van der Waals surface area contributed by atoms with Gasteiger partial charge in [0.2, 0.25) is 11.8 Å². The first kappa shape index (κ1) is 41.1. The highest BCUT2D eigenvalue weighted by Crippen LogP contribution is 2.24. The molecule has 3 amide bonds. The second kappa shape index (κ2) is 17.3. The highest BCUT2D eigenvalue weighted by molar-refractivity contribution is 6.40. The molecule has 16 heteroatoms. The van der Waals surface area contributed by atoms with E-state index >= 15 is 0 Å². The summed E-state index contributed by atoms with van der Waals surface area (Å²) in [6.07, 6.45) is -4.43. The monoisotopic (exact) mass is 746 g/mol. The van der Waals surface area contributed by atoms with Crippen molar-refractivity contribution in [2.75, 3.05) is 7.11 Å². The first-order valence-corrected chi connectivity index (χ1v) is 16.2. The molecule has 3 unspecified atom stereocenters. The number of ketones is 2. The van der Waals surface area contributed by atoms with Gasteiger partial charge in [-0.3, -0.25) is 29.0 Å². The minimum Gasteiger partial charge on any atom is -0.497 e. The summed E-state index contributed by atoms with van der Waals surface area (Å²) < 4.78 is 50.4. The minimum absolute atomic E-state index is 0.119. The Morgan fingerprint density at radius 1 is 0.865 bits per heavy atom. The molecule has 3 rings (SSSR count). The summed E-state index contributed by atoms with van der Waals surface area (Å²) in [5.74, 6) is -7.85. The van der Waals surface area contributed by atoms with Crippen LogP contribution in [-0.2, 0) is 30.3 Å². The molecule has 0 spiro atoms. The Balaban J connectivity index is 1.95. The molecule has 278 valence electrons. The molecule has 52 heavy (non-hydrogen) atoms. The number of alkyl halides is 3. The van der Waals surface area contributed by atoms with Crippen LogP contribution in [0.25, 0.3) is 0 Å². The van der Waals surface area contributed by atoms with E-state index in [1.54, 1.807) is 39.0 Å². The number of carbonyl (C=O) groups excluding carboxylic acids is 6. The molecule has 1 aromatic heterocycles.